The van der Waals surface area contributed by atoms with Gasteiger partial charge < -0.3 is 10.1 Å². The van der Waals surface area contributed by atoms with Crippen LogP contribution in [0.4, 0.5) is 5.69 Å². The first-order valence-electron chi connectivity index (χ1n) is 11.3. The number of para-hydroxylation sites is 2. The van der Waals surface area contributed by atoms with Crippen LogP contribution < -0.4 is 10.1 Å². The molecule has 4 aromatic carbocycles. The summed E-state index contributed by atoms with van der Waals surface area (Å²) in [5.41, 5.74) is 4.56. The van der Waals surface area contributed by atoms with Crippen molar-refractivity contribution in [3.05, 3.63) is 120 Å². The zero-order valence-electron chi connectivity index (χ0n) is 19.5. The summed E-state index contributed by atoms with van der Waals surface area (Å²) in [5.74, 6) is 1.74. The largest absolute Gasteiger partial charge is 0.457 e. The highest BCUT2D eigenvalue weighted by atomic mass is 16.5. The van der Waals surface area contributed by atoms with Gasteiger partial charge in [0.2, 0.25) is 5.82 Å². The molecular formula is C29H24N4O2. The van der Waals surface area contributed by atoms with E-state index in [4.69, 9.17) is 4.74 Å². The molecule has 0 unspecified atom stereocenters. The van der Waals surface area contributed by atoms with Crippen molar-refractivity contribution in [1.29, 1.82) is 0 Å². The number of rotatable bonds is 6. The molecule has 0 aliphatic heterocycles. The predicted molar refractivity (Wildman–Crippen MR) is 137 cm³/mol. The number of aromatic nitrogens is 3. The zero-order chi connectivity index (χ0) is 24.2. The van der Waals surface area contributed by atoms with Gasteiger partial charge in [0, 0.05) is 11.3 Å². The highest BCUT2D eigenvalue weighted by Gasteiger charge is 2.20. The van der Waals surface area contributed by atoms with Crippen molar-refractivity contribution in [3.63, 3.8) is 0 Å². The van der Waals surface area contributed by atoms with Crippen molar-refractivity contribution in [1.82, 2.24) is 14.8 Å². The van der Waals surface area contributed by atoms with Gasteiger partial charge in [-0.15, -0.1) is 5.10 Å². The fourth-order valence-electron chi connectivity index (χ4n) is 3.68. The number of carbonyl (C=O) groups excluding carboxylic acids is 1. The van der Waals surface area contributed by atoms with E-state index in [2.05, 4.69) is 15.4 Å². The molecule has 6 nitrogen and oxygen atoms in total. The minimum Gasteiger partial charge on any atom is -0.457 e. The van der Waals surface area contributed by atoms with E-state index < -0.39 is 0 Å². The average molecular weight is 461 g/mol. The molecule has 0 radical (unpaired) electrons. The molecule has 0 bridgehead atoms. The second-order valence-corrected chi connectivity index (χ2v) is 8.22. The molecule has 0 atom stereocenters. The van der Waals surface area contributed by atoms with Gasteiger partial charge in [-0.3, -0.25) is 4.79 Å². The molecule has 0 aliphatic carbocycles. The van der Waals surface area contributed by atoms with Gasteiger partial charge in [-0.2, -0.15) is 0 Å². The summed E-state index contributed by atoms with van der Waals surface area (Å²) in [4.78, 5) is 17.7. The third-order valence-corrected chi connectivity index (χ3v) is 5.55. The van der Waals surface area contributed by atoms with Gasteiger partial charge in [0.1, 0.15) is 11.5 Å². The molecule has 0 fully saturated rings. The molecule has 1 amide bonds. The van der Waals surface area contributed by atoms with Crippen LogP contribution in [0.3, 0.4) is 0 Å². The smallest absolute Gasteiger partial charge is 0.295 e. The maximum Gasteiger partial charge on any atom is 0.295 e. The van der Waals surface area contributed by atoms with Crippen LogP contribution in [0.1, 0.15) is 21.7 Å². The van der Waals surface area contributed by atoms with Crippen LogP contribution in [0.25, 0.3) is 17.1 Å². The Labute approximate surface area is 203 Å². The van der Waals surface area contributed by atoms with Crippen LogP contribution in [0, 0.1) is 13.8 Å². The van der Waals surface area contributed by atoms with Crippen molar-refractivity contribution in [3.8, 4) is 28.6 Å². The third-order valence-electron chi connectivity index (χ3n) is 5.55. The lowest BCUT2D eigenvalue weighted by molar-refractivity contribution is 0.101. The Morgan fingerprint density at radius 1 is 0.771 bits per heavy atom. The lowest BCUT2D eigenvalue weighted by Crippen LogP contribution is -2.14. The molecule has 0 spiro atoms. The van der Waals surface area contributed by atoms with E-state index in [1.807, 2.05) is 92.7 Å². The Hall–Kier alpha value is -4.71. The fraction of sp³-hybridized carbons (Fsp3) is 0.0690. The summed E-state index contributed by atoms with van der Waals surface area (Å²) in [6.07, 6.45) is 0. The Balaban J connectivity index is 1.41. The van der Waals surface area contributed by atoms with Crippen LogP contribution >= 0.6 is 0 Å². The van der Waals surface area contributed by atoms with Gasteiger partial charge in [-0.1, -0.05) is 66.2 Å². The van der Waals surface area contributed by atoms with Crippen LogP contribution in [0.2, 0.25) is 0 Å². The molecular weight excluding hydrogens is 436 g/mol. The van der Waals surface area contributed by atoms with Crippen molar-refractivity contribution in [2.75, 3.05) is 5.32 Å². The van der Waals surface area contributed by atoms with Gasteiger partial charge in [-0.25, -0.2) is 9.67 Å². The molecule has 1 N–H and O–H groups in total. The summed E-state index contributed by atoms with van der Waals surface area (Å²) in [6, 6.07) is 32.6. The Bertz CT molecular complexity index is 1460. The van der Waals surface area contributed by atoms with Crippen LogP contribution in [0.15, 0.2) is 103 Å². The zero-order valence-corrected chi connectivity index (χ0v) is 19.5. The number of nitrogens with one attached hydrogen (secondary N) is 1. The Morgan fingerprint density at radius 2 is 1.43 bits per heavy atom. The number of ether oxygens (including phenoxy) is 1. The SMILES string of the molecule is Cc1ccc(-c2nc(C(=O)Nc3ccc(Oc4ccccc4)cc3)nn2-c2ccccc2C)cc1. The normalized spacial score (nSPS) is 10.7. The minimum absolute atomic E-state index is 0.0911. The molecule has 0 saturated carbocycles. The molecule has 5 aromatic rings. The lowest BCUT2D eigenvalue weighted by atomic mass is 10.1. The van der Waals surface area contributed by atoms with E-state index in [0.29, 0.717) is 17.3 Å². The molecule has 0 aliphatic rings. The topological polar surface area (TPSA) is 69.0 Å². The highest BCUT2D eigenvalue weighted by molar-refractivity contribution is 6.01. The first-order valence-corrected chi connectivity index (χ1v) is 11.3. The molecule has 1 heterocycles. The number of carbonyl (C=O) groups is 1. The Morgan fingerprint density at radius 3 is 2.14 bits per heavy atom. The van der Waals surface area contributed by atoms with Crippen molar-refractivity contribution >= 4 is 11.6 Å². The Kier molecular flexibility index (Phi) is 6.09. The minimum atomic E-state index is -0.387. The maximum absolute atomic E-state index is 13.1. The second-order valence-electron chi connectivity index (χ2n) is 8.22. The number of anilines is 1. The van der Waals surface area contributed by atoms with E-state index in [1.165, 1.54) is 0 Å². The van der Waals surface area contributed by atoms with E-state index >= 15 is 0 Å². The summed E-state index contributed by atoms with van der Waals surface area (Å²) in [6.45, 7) is 4.04. The van der Waals surface area contributed by atoms with Gasteiger partial charge in [-0.05, 0) is 61.9 Å². The molecule has 0 saturated heterocycles. The average Bonchev–Trinajstić information content (AvgIpc) is 3.32. The van der Waals surface area contributed by atoms with Gasteiger partial charge >= 0.3 is 0 Å². The third kappa shape index (κ3) is 4.96. The van der Waals surface area contributed by atoms with Crippen molar-refractivity contribution in [2.24, 2.45) is 0 Å². The highest BCUT2D eigenvalue weighted by Crippen LogP contribution is 2.25. The quantitative estimate of drug-likeness (QED) is 0.310. The number of hydrogen-bond acceptors (Lipinski definition) is 4. The molecule has 172 valence electrons. The van der Waals surface area contributed by atoms with E-state index in [0.717, 1.165) is 28.1 Å². The van der Waals surface area contributed by atoms with Crippen molar-refractivity contribution < 1.29 is 9.53 Å². The first-order chi connectivity index (χ1) is 17.1. The molecule has 6 heteroatoms. The predicted octanol–water partition coefficient (Wildman–Crippen LogP) is 6.60. The monoisotopic (exact) mass is 460 g/mol. The van der Waals surface area contributed by atoms with E-state index in [9.17, 15) is 4.79 Å². The molecule has 1 aromatic heterocycles. The second kappa shape index (κ2) is 9.65. The number of benzene rings is 4. The van der Waals surface area contributed by atoms with Gasteiger partial charge in [0.05, 0.1) is 5.69 Å². The van der Waals surface area contributed by atoms with Gasteiger partial charge in [0.15, 0.2) is 5.82 Å². The summed E-state index contributed by atoms with van der Waals surface area (Å²) in [5, 5.41) is 7.46. The standard InChI is InChI=1S/C29H24N4O2/c1-20-12-14-22(15-13-20)28-31-27(32-33(28)26-11-7-6-8-21(26)2)29(34)30-23-16-18-25(19-17-23)35-24-9-4-3-5-10-24/h3-19H,1-2H3,(H,30,34). The van der Waals surface area contributed by atoms with Crippen LogP contribution in [-0.2, 0) is 0 Å². The molecule has 35 heavy (non-hydrogen) atoms. The number of nitrogens with zero attached hydrogens (tertiary/aromatic N) is 3. The van der Waals surface area contributed by atoms with Crippen molar-refractivity contribution in [2.45, 2.75) is 13.8 Å². The lowest BCUT2D eigenvalue weighted by Gasteiger charge is -2.09. The number of amides is 1. The van der Waals surface area contributed by atoms with Gasteiger partial charge in [0.25, 0.3) is 5.91 Å². The maximum atomic E-state index is 13.1. The van der Waals surface area contributed by atoms with E-state index in [1.54, 1.807) is 28.9 Å². The summed E-state index contributed by atoms with van der Waals surface area (Å²) >= 11 is 0. The van der Waals surface area contributed by atoms with Crippen LogP contribution in [-0.4, -0.2) is 20.7 Å². The fourth-order valence-corrected chi connectivity index (χ4v) is 3.68. The number of aryl methyl sites for hydroxylation is 2. The molecule has 5 rings (SSSR count). The first kappa shape index (κ1) is 22.1. The van der Waals surface area contributed by atoms with Crippen LogP contribution in [0.5, 0.6) is 11.5 Å². The number of hydrogen-bond donors (Lipinski definition) is 1. The summed E-state index contributed by atoms with van der Waals surface area (Å²) < 4.78 is 7.55. The summed E-state index contributed by atoms with van der Waals surface area (Å²) in [7, 11) is 0. The van der Waals surface area contributed by atoms with E-state index in [-0.39, 0.29) is 11.7 Å².